The first kappa shape index (κ1) is 12.8. The van der Waals surface area contributed by atoms with Gasteiger partial charge in [-0.05, 0) is 24.6 Å². The van der Waals surface area contributed by atoms with E-state index in [1.54, 1.807) is 6.92 Å². The van der Waals surface area contributed by atoms with Gasteiger partial charge < -0.3 is 10.5 Å². The third kappa shape index (κ3) is 2.44. The minimum absolute atomic E-state index is 0.192. The number of hydrogen-bond donors (Lipinski definition) is 1. The Morgan fingerprint density at radius 3 is 2.31 bits per heavy atom. The molecule has 0 aliphatic carbocycles. The van der Waals surface area contributed by atoms with Gasteiger partial charge in [0.15, 0.2) is 0 Å². The highest BCUT2D eigenvalue weighted by Gasteiger charge is 2.41. The van der Waals surface area contributed by atoms with Crippen LogP contribution in [0.1, 0.15) is 17.2 Å². The van der Waals surface area contributed by atoms with Gasteiger partial charge in [0.2, 0.25) is 0 Å². The van der Waals surface area contributed by atoms with E-state index < -0.39 is 23.6 Å². The van der Waals surface area contributed by atoms with Crippen molar-refractivity contribution in [3.05, 3.63) is 29.1 Å². The Morgan fingerprint density at radius 1 is 1.31 bits per heavy atom. The fraction of sp³-hybridized carbons (Fsp3) is 0.400. The average Bonchev–Trinajstić information content (AvgIpc) is 2.14. The molecule has 90 valence electrons. The van der Waals surface area contributed by atoms with Crippen LogP contribution in [0.4, 0.5) is 17.6 Å². The molecule has 0 aromatic heterocycles. The van der Waals surface area contributed by atoms with Crippen molar-refractivity contribution in [1.29, 1.82) is 0 Å². The summed E-state index contributed by atoms with van der Waals surface area (Å²) in [4.78, 5) is 0. The molecule has 2 nitrogen and oxygen atoms in total. The quantitative estimate of drug-likeness (QED) is 0.802. The summed E-state index contributed by atoms with van der Waals surface area (Å²) >= 11 is 0. The molecule has 0 heterocycles. The van der Waals surface area contributed by atoms with Crippen molar-refractivity contribution in [3.8, 4) is 5.75 Å². The molecule has 0 fully saturated rings. The summed E-state index contributed by atoms with van der Waals surface area (Å²) in [7, 11) is 1.17. The number of halogens is 4. The normalized spacial score (nSPS) is 13.7. The molecular formula is C10H11F4NO. The summed E-state index contributed by atoms with van der Waals surface area (Å²) < 4.78 is 55.3. The number of nitrogens with two attached hydrogens (primary N) is 1. The van der Waals surface area contributed by atoms with Crippen molar-refractivity contribution in [2.24, 2.45) is 5.73 Å². The number of methoxy groups -OCH3 is 1. The van der Waals surface area contributed by atoms with Crippen LogP contribution in [0.3, 0.4) is 0 Å². The van der Waals surface area contributed by atoms with Crippen molar-refractivity contribution in [2.45, 2.75) is 19.1 Å². The number of benzene rings is 1. The minimum Gasteiger partial charge on any atom is -0.496 e. The van der Waals surface area contributed by atoms with Crippen molar-refractivity contribution < 1.29 is 22.3 Å². The van der Waals surface area contributed by atoms with Gasteiger partial charge >= 0.3 is 6.18 Å². The van der Waals surface area contributed by atoms with Gasteiger partial charge in [-0.1, -0.05) is 0 Å². The SMILES string of the molecule is COc1cc(C)cc(F)c1C(N)C(F)(F)F. The van der Waals surface area contributed by atoms with Gasteiger partial charge in [0.25, 0.3) is 0 Å². The highest BCUT2D eigenvalue weighted by Crippen LogP contribution is 2.37. The minimum atomic E-state index is -4.70. The van der Waals surface area contributed by atoms with Crippen LogP contribution in [0, 0.1) is 12.7 Å². The molecule has 1 aromatic rings. The van der Waals surface area contributed by atoms with Crippen LogP contribution in [0.25, 0.3) is 0 Å². The molecule has 0 saturated heterocycles. The highest BCUT2D eigenvalue weighted by molar-refractivity contribution is 5.41. The number of aryl methyl sites for hydroxylation is 1. The van der Waals surface area contributed by atoms with E-state index in [-0.39, 0.29) is 5.75 Å². The summed E-state index contributed by atoms with van der Waals surface area (Å²) in [6.07, 6.45) is -4.70. The van der Waals surface area contributed by atoms with Crippen molar-refractivity contribution >= 4 is 0 Å². The third-order valence-corrected chi connectivity index (χ3v) is 2.12. The average molecular weight is 237 g/mol. The Kier molecular flexibility index (Phi) is 3.42. The summed E-state index contributed by atoms with van der Waals surface area (Å²) in [5, 5.41) is 0. The smallest absolute Gasteiger partial charge is 0.407 e. The zero-order valence-corrected chi connectivity index (χ0v) is 8.73. The first-order valence-corrected chi connectivity index (χ1v) is 4.43. The summed E-state index contributed by atoms with van der Waals surface area (Å²) in [6.45, 7) is 1.55. The molecule has 0 saturated carbocycles. The molecule has 0 aliphatic heterocycles. The number of hydrogen-bond acceptors (Lipinski definition) is 2. The van der Waals surface area contributed by atoms with Crippen molar-refractivity contribution in [2.75, 3.05) is 7.11 Å². The van der Waals surface area contributed by atoms with E-state index >= 15 is 0 Å². The molecule has 0 bridgehead atoms. The van der Waals surface area contributed by atoms with Crippen molar-refractivity contribution in [3.63, 3.8) is 0 Å². The Balaban J connectivity index is 3.32. The first-order valence-electron chi connectivity index (χ1n) is 4.43. The second-order valence-corrected chi connectivity index (χ2v) is 3.38. The van der Waals surface area contributed by atoms with Crippen LogP contribution in [-0.2, 0) is 0 Å². The van der Waals surface area contributed by atoms with Gasteiger partial charge in [0.1, 0.15) is 17.6 Å². The lowest BCUT2D eigenvalue weighted by Crippen LogP contribution is -2.29. The maximum Gasteiger partial charge on any atom is 0.407 e. The zero-order valence-electron chi connectivity index (χ0n) is 8.73. The molecule has 2 N–H and O–H groups in total. The Morgan fingerprint density at radius 2 is 1.88 bits per heavy atom. The van der Waals surface area contributed by atoms with E-state index in [1.807, 2.05) is 0 Å². The lowest BCUT2D eigenvalue weighted by Gasteiger charge is -2.19. The van der Waals surface area contributed by atoms with Gasteiger partial charge in [-0.2, -0.15) is 13.2 Å². The predicted octanol–water partition coefficient (Wildman–Crippen LogP) is 2.70. The summed E-state index contributed by atoms with van der Waals surface area (Å²) in [6, 6.07) is -0.0870. The van der Waals surface area contributed by atoms with Gasteiger partial charge in [0, 0.05) is 0 Å². The maximum absolute atomic E-state index is 13.4. The van der Waals surface area contributed by atoms with Crippen molar-refractivity contribution in [1.82, 2.24) is 0 Å². The predicted molar refractivity (Wildman–Crippen MR) is 50.7 cm³/mol. The fourth-order valence-corrected chi connectivity index (χ4v) is 1.36. The molecule has 1 unspecified atom stereocenters. The van der Waals surface area contributed by atoms with Crippen LogP contribution in [0.2, 0.25) is 0 Å². The van der Waals surface area contributed by atoms with Gasteiger partial charge in [-0.15, -0.1) is 0 Å². The standard InChI is InChI=1S/C10H11F4NO/c1-5-3-6(11)8(7(4-5)16-2)9(15)10(12,13)14/h3-4,9H,15H2,1-2H3. The first-order chi connectivity index (χ1) is 7.27. The summed E-state index contributed by atoms with van der Waals surface area (Å²) in [5.74, 6) is -1.20. The molecule has 1 aromatic carbocycles. The molecular weight excluding hydrogens is 226 g/mol. The van der Waals surface area contributed by atoms with Gasteiger partial charge in [-0.3, -0.25) is 0 Å². The Labute approximate surface area is 90.0 Å². The van der Waals surface area contributed by atoms with E-state index in [2.05, 4.69) is 0 Å². The van der Waals surface area contributed by atoms with Crippen LogP contribution in [0.5, 0.6) is 5.75 Å². The fourth-order valence-electron chi connectivity index (χ4n) is 1.36. The zero-order chi connectivity index (χ0) is 12.5. The lowest BCUT2D eigenvalue weighted by molar-refractivity contribution is -0.150. The lowest BCUT2D eigenvalue weighted by atomic mass is 10.0. The van der Waals surface area contributed by atoms with E-state index in [0.29, 0.717) is 5.56 Å². The number of ether oxygens (including phenoxy) is 1. The molecule has 1 rings (SSSR count). The maximum atomic E-state index is 13.4. The second-order valence-electron chi connectivity index (χ2n) is 3.38. The van der Waals surface area contributed by atoms with Crippen LogP contribution >= 0.6 is 0 Å². The Hall–Kier alpha value is -1.30. The molecule has 0 amide bonds. The monoisotopic (exact) mass is 237 g/mol. The molecule has 0 spiro atoms. The highest BCUT2D eigenvalue weighted by atomic mass is 19.4. The van der Waals surface area contributed by atoms with E-state index in [4.69, 9.17) is 10.5 Å². The van der Waals surface area contributed by atoms with Crippen LogP contribution in [-0.4, -0.2) is 13.3 Å². The van der Waals surface area contributed by atoms with Crippen LogP contribution in [0.15, 0.2) is 12.1 Å². The topological polar surface area (TPSA) is 35.2 Å². The van der Waals surface area contributed by atoms with E-state index in [0.717, 1.165) is 6.07 Å². The number of alkyl halides is 3. The largest absolute Gasteiger partial charge is 0.496 e. The second kappa shape index (κ2) is 4.29. The molecule has 1 atom stereocenters. The molecule has 0 radical (unpaired) electrons. The molecule has 16 heavy (non-hydrogen) atoms. The van der Waals surface area contributed by atoms with Crippen LogP contribution < -0.4 is 10.5 Å². The van der Waals surface area contributed by atoms with E-state index in [1.165, 1.54) is 13.2 Å². The van der Waals surface area contributed by atoms with Gasteiger partial charge in [-0.25, -0.2) is 4.39 Å². The number of rotatable bonds is 2. The van der Waals surface area contributed by atoms with Gasteiger partial charge in [0.05, 0.1) is 12.7 Å². The molecule has 6 heteroatoms. The third-order valence-electron chi connectivity index (χ3n) is 2.12. The van der Waals surface area contributed by atoms with E-state index in [9.17, 15) is 17.6 Å². The summed E-state index contributed by atoms with van der Waals surface area (Å²) in [5.41, 5.74) is 4.75. The molecule has 0 aliphatic rings. The Bertz CT molecular complexity index is 389.